The van der Waals surface area contributed by atoms with Crippen molar-refractivity contribution < 1.29 is 17.6 Å². The molecule has 2 aromatic rings. The summed E-state index contributed by atoms with van der Waals surface area (Å²) in [5, 5.41) is 5.08. The average molecular weight is 329 g/mol. The highest BCUT2D eigenvalue weighted by Crippen LogP contribution is 2.43. The number of halogens is 4. The van der Waals surface area contributed by atoms with E-state index in [9.17, 15) is 17.6 Å². The minimum absolute atomic E-state index is 0.0946. The van der Waals surface area contributed by atoms with Gasteiger partial charge in [-0.3, -0.25) is 0 Å². The van der Waals surface area contributed by atoms with E-state index in [2.05, 4.69) is 10.1 Å². The summed E-state index contributed by atoms with van der Waals surface area (Å²) in [5.74, 6) is -3.26. The van der Waals surface area contributed by atoms with E-state index in [1.54, 1.807) is 0 Å². The molecule has 0 amide bonds. The number of hydrogen-bond acceptors (Lipinski definition) is 3. The molecular formula is C14H11F4N3S. The van der Waals surface area contributed by atoms with E-state index in [0.717, 1.165) is 18.9 Å². The van der Waals surface area contributed by atoms with Gasteiger partial charge in [-0.1, -0.05) is 11.8 Å². The fraction of sp³-hybridized carbons (Fsp3) is 0.429. The molecule has 1 aliphatic heterocycles. The Labute approximate surface area is 127 Å². The molecule has 116 valence electrons. The van der Waals surface area contributed by atoms with Crippen LogP contribution < -0.4 is 0 Å². The Hall–Kier alpha value is -1.57. The summed E-state index contributed by atoms with van der Waals surface area (Å²) in [6.45, 7) is 0. The normalized spacial score (nSPS) is 23.8. The van der Waals surface area contributed by atoms with Gasteiger partial charge < -0.3 is 0 Å². The van der Waals surface area contributed by atoms with Crippen molar-refractivity contribution in [1.82, 2.24) is 14.8 Å². The summed E-state index contributed by atoms with van der Waals surface area (Å²) in [4.78, 5) is 4.13. The van der Waals surface area contributed by atoms with Crippen LogP contribution in [-0.2, 0) is 0 Å². The molecule has 2 aliphatic rings. The number of fused-ring (bicyclic) bond motifs is 1. The van der Waals surface area contributed by atoms with Crippen molar-refractivity contribution in [2.24, 2.45) is 0 Å². The van der Waals surface area contributed by atoms with Crippen molar-refractivity contribution in [2.75, 3.05) is 0 Å². The molecule has 1 aromatic heterocycles. The Morgan fingerprint density at radius 1 is 1.18 bits per heavy atom. The van der Waals surface area contributed by atoms with E-state index >= 15 is 0 Å². The number of thioether (sulfide) groups is 1. The maximum Gasteiger partial charge on any atom is 0.209 e. The van der Waals surface area contributed by atoms with Crippen LogP contribution in [0, 0.1) is 17.5 Å². The fourth-order valence-corrected chi connectivity index (χ4v) is 3.57. The molecule has 0 N–H and O–H groups in total. The van der Waals surface area contributed by atoms with E-state index in [1.807, 2.05) is 0 Å². The smallest absolute Gasteiger partial charge is 0.209 e. The zero-order chi connectivity index (χ0) is 15.4. The van der Waals surface area contributed by atoms with Crippen molar-refractivity contribution in [1.29, 1.82) is 0 Å². The topological polar surface area (TPSA) is 30.7 Å². The highest BCUT2D eigenvalue weighted by Gasteiger charge is 2.38. The van der Waals surface area contributed by atoms with Crippen LogP contribution in [0.3, 0.4) is 0 Å². The number of nitrogens with zero attached hydrogens (tertiary/aromatic N) is 3. The van der Waals surface area contributed by atoms with Gasteiger partial charge in [0.15, 0.2) is 23.6 Å². The van der Waals surface area contributed by atoms with Crippen molar-refractivity contribution in [3.8, 4) is 0 Å². The molecule has 3 nitrogen and oxygen atoms in total. The van der Waals surface area contributed by atoms with Crippen molar-refractivity contribution in [3.05, 3.63) is 41.0 Å². The molecule has 1 aromatic carbocycles. The number of hydrogen-bond donors (Lipinski definition) is 0. The van der Waals surface area contributed by atoms with Gasteiger partial charge in [-0.2, -0.15) is 0 Å². The van der Waals surface area contributed by atoms with Crippen LogP contribution in [0.5, 0.6) is 0 Å². The molecule has 1 saturated carbocycles. The minimum Gasteiger partial charge on any atom is -0.239 e. The number of alkyl halides is 1. The Morgan fingerprint density at radius 3 is 2.68 bits per heavy atom. The molecule has 2 heterocycles. The molecule has 22 heavy (non-hydrogen) atoms. The second-order valence-corrected chi connectivity index (χ2v) is 6.79. The first-order valence-corrected chi connectivity index (χ1v) is 7.82. The van der Waals surface area contributed by atoms with Gasteiger partial charge in [0.25, 0.3) is 0 Å². The molecule has 2 atom stereocenters. The van der Waals surface area contributed by atoms with Crippen molar-refractivity contribution >= 4 is 11.8 Å². The first-order chi connectivity index (χ1) is 10.5. The lowest BCUT2D eigenvalue weighted by molar-refractivity contribution is 0.324. The molecule has 1 aliphatic carbocycles. The molecule has 8 heteroatoms. The maximum absolute atomic E-state index is 14.1. The number of rotatable bonds is 3. The summed E-state index contributed by atoms with van der Waals surface area (Å²) in [6, 6.07) is 0.480. The van der Waals surface area contributed by atoms with Gasteiger partial charge in [-0.15, -0.1) is 5.10 Å². The van der Waals surface area contributed by atoms with Crippen LogP contribution in [0.2, 0.25) is 0 Å². The highest BCUT2D eigenvalue weighted by molar-refractivity contribution is 8.00. The van der Waals surface area contributed by atoms with Gasteiger partial charge >= 0.3 is 0 Å². The van der Waals surface area contributed by atoms with Gasteiger partial charge in [0.05, 0.1) is 6.04 Å². The van der Waals surface area contributed by atoms with Crippen molar-refractivity contribution in [2.45, 2.75) is 41.9 Å². The van der Waals surface area contributed by atoms with Gasteiger partial charge in [-0.05, 0) is 18.9 Å². The van der Waals surface area contributed by atoms with E-state index in [1.165, 1.54) is 16.4 Å². The zero-order valence-corrected chi connectivity index (χ0v) is 12.1. The summed E-state index contributed by atoms with van der Waals surface area (Å²) in [6.07, 6.45) is 0.599. The Bertz CT molecular complexity index is 744. The summed E-state index contributed by atoms with van der Waals surface area (Å²) in [5.41, 5.74) is -0.230. The van der Waals surface area contributed by atoms with Crippen LogP contribution in [0.15, 0.2) is 17.3 Å². The summed E-state index contributed by atoms with van der Waals surface area (Å²) in [7, 11) is 0. The summed E-state index contributed by atoms with van der Waals surface area (Å²) < 4.78 is 56.1. The lowest BCUT2D eigenvalue weighted by Gasteiger charge is -2.13. The molecule has 0 radical (unpaired) electrons. The van der Waals surface area contributed by atoms with Gasteiger partial charge in [0.1, 0.15) is 5.82 Å². The van der Waals surface area contributed by atoms with E-state index in [4.69, 9.17) is 0 Å². The monoisotopic (exact) mass is 329 g/mol. The fourth-order valence-electron chi connectivity index (χ4n) is 2.62. The minimum atomic E-state index is -1.42. The second-order valence-electron chi connectivity index (χ2n) is 5.52. The van der Waals surface area contributed by atoms with Crippen molar-refractivity contribution in [3.63, 3.8) is 0 Å². The molecule has 0 saturated heterocycles. The summed E-state index contributed by atoms with van der Waals surface area (Å²) >= 11 is 1.45. The quantitative estimate of drug-likeness (QED) is 0.631. The van der Waals surface area contributed by atoms with Crippen LogP contribution >= 0.6 is 11.8 Å². The second kappa shape index (κ2) is 4.97. The molecule has 0 spiro atoms. The SMILES string of the molecule is Fc1cc(F)c(F)c(C2CC(F)c3nc(SC4CC4)nn32)c1. The van der Waals surface area contributed by atoms with Crippen LogP contribution in [-0.4, -0.2) is 20.0 Å². The molecule has 4 rings (SSSR count). The van der Waals surface area contributed by atoms with Crippen LogP contribution in [0.25, 0.3) is 0 Å². The van der Waals surface area contributed by atoms with E-state index in [-0.39, 0.29) is 17.8 Å². The van der Waals surface area contributed by atoms with Crippen LogP contribution in [0.4, 0.5) is 17.6 Å². The van der Waals surface area contributed by atoms with Gasteiger partial charge in [0.2, 0.25) is 5.16 Å². The third kappa shape index (κ3) is 2.29. The first-order valence-electron chi connectivity index (χ1n) is 6.94. The predicted octanol–water partition coefficient (Wildman–Crippen LogP) is 3.95. The van der Waals surface area contributed by atoms with Gasteiger partial charge in [0, 0.05) is 23.3 Å². The maximum atomic E-state index is 14.1. The molecular weight excluding hydrogens is 318 g/mol. The third-order valence-corrected chi connectivity index (χ3v) is 5.01. The van der Waals surface area contributed by atoms with Gasteiger partial charge in [-0.25, -0.2) is 27.2 Å². The molecule has 1 fully saturated rings. The number of aromatic nitrogens is 3. The average Bonchev–Trinajstić information content (AvgIpc) is 3.09. The van der Waals surface area contributed by atoms with E-state index in [0.29, 0.717) is 16.5 Å². The Morgan fingerprint density at radius 2 is 1.95 bits per heavy atom. The third-order valence-electron chi connectivity index (χ3n) is 3.82. The highest BCUT2D eigenvalue weighted by atomic mass is 32.2. The lowest BCUT2D eigenvalue weighted by Crippen LogP contribution is -2.11. The predicted molar refractivity (Wildman–Crippen MR) is 71.8 cm³/mol. The van der Waals surface area contributed by atoms with Crippen LogP contribution in [0.1, 0.15) is 42.9 Å². The Kier molecular flexibility index (Phi) is 3.18. The number of benzene rings is 1. The molecule has 2 unspecified atom stereocenters. The largest absolute Gasteiger partial charge is 0.239 e. The first kappa shape index (κ1) is 14.0. The molecule has 0 bridgehead atoms. The lowest BCUT2D eigenvalue weighted by atomic mass is 10.0. The van der Waals surface area contributed by atoms with E-state index < -0.39 is 29.7 Å². The standard InChI is InChI=1S/C14H11F4N3S/c15-6-3-8(12(18)9(16)4-6)11-5-10(17)13-19-14(20-21(11)13)22-7-1-2-7/h3-4,7,10-11H,1-2,5H2. The zero-order valence-electron chi connectivity index (χ0n) is 11.3. The Balaban J connectivity index is 1.74.